The Labute approximate surface area is 152 Å². The summed E-state index contributed by atoms with van der Waals surface area (Å²) in [5.74, 6) is 0.729. The first-order valence-corrected chi connectivity index (χ1v) is 9.87. The third-order valence-corrected chi connectivity index (χ3v) is 6.29. The van der Waals surface area contributed by atoms with Crippen molar-refractivity contribution in [2.45, 2.75) is 26.2 Å². The molecule has 0 radical (unpaired) electrons. The average molecular weight is 356 g/mol. The molecular weight excluding hydrogens is 332 g/mol. The van der Waals surface area contributed by atoms with Gasteiger partial charge in [-0.1, -0.05) is 19.1 Å². The number of nitrogens with one attached hydrogen (secondary N) is 1. The quantitative estimate of drug-likeness (QED) is 0.905. The Bertz CT molecular complexity index is 765. The van der Waals surface area contributed by atoms with Gasteiger partial charge in [-0.25, -0.2) is 0 Å². The van der Waals surface area contributed by atoms with Crippen LogP contribution in [-0.2, 0) is 17.6 Å². The number of anilines is 2. The van der Waals surface area contributed by atoms with Crippen molar-refractivity contribution in [2.24, 2.45) is 5.92 Å². The van der Waals surface area contributed by atoms with Gasteiger partial charge in [0.25, 0.3) is 5.91 Å². The van der Waals surface area contributed by atoms with Gasteiger partial charge < -0.3 is 15.0 Å². The third-order valence-electron chi connectivity index (χ3n) is 5.06. The van der Waals surface area contributed by atoms with E-state index in [0.29, 0.717) is 0 Å². The van der Waals surface area contributed by atoms with Gasteiger partial charge in [0.2, 0.25) is 0 Å². The van der Waals surface area contributed by atoms with Crippen LogP contribution in [0.5, 0.6) is 0 Å². The highest BCUT2D eigenvalue weighted by atomic mass is 32.1. The summed E-state index contributed by atoms with van der Waals surface area (Å²) in [6, 6.07) is 10.1. The Kier molecular flexibility index (Phi) is 4.77. The first-order valence-electron chi connectivity index (χ1n) is 9.05. The van der Waals surface area contributed by atoms with E-state index < -0.39 is 0 Å². The smallest absolute Gasteiger partial charge is 0.265 e. The molecule has 1 aromatic heterocycles. The molecule has 0 spiro atoms. The molecule has 1 aromatic carbocycles. The molecule has 5 heteroatoms. The highest BCUT2D eigenvalue weighted by molar-refractivity contribution is 7.14. The number of aryl methyl sites for hydroxylation is 1. The molecule has 1 amide bonds. The number of para-hydroxylation sites is 2. The zero-order chi connectivity index (χ0) is 17.2. The van der Waals surface area contributed by atoms with Gasteiger partial charge in [0.1, 0.15) is 0 Å². The molecule has 4 nitrogen and oxygen atoms in total. The molecule has 4 rings (SSSR count). The summed E-state index contributed by atoms with van der Waals surface area (Å²) in [6.07, 6.45) is 3.44. The van der Waals surface area contributed by atoms with Crippen LogP contribution in [0.1, 0.15) is 33.5 Å². The predicted molar refractivity (Wildman–Crippen MR) is 103 cm³/mol. The molecule has 25 heavy (non-hydrogen) atoms. The highest BCUT2D eigenvalue weighted by Gasteiger charge is 2.22. The van der Waals surface area contributed by atoms with Gasteiger partial charge in [0, 0.05) is 18.0 Å². The van der Waals surface area contributed by atoms with Crippen LogP contribution < -0.4 is 10.2 Å². The predicted octanol–water partition coefficient (Wildman–Crippen LogP) is 3.96. The molecule has 1 saturated heterocycles. The van der Waals surface area contributed by atoms with Crippen molar-refractivity contribution < 1.29 is 9.53 Å². The molecule has 1 N–H and O–H groups in total. The number of carbonyl (C=O) groups excluding carboxylic acids is 1. The van der Waals surface area contributed by atoms with Crippen molar-refractivity contribution in [1.82, 2.24) is 0 Å². The summed E-state index contributed by atoms with van der Waals surface area (Å²) >= 11 is 1.66. The minimum absolute atomic E-state index is 0.00719. The van der Waals surface area contributed by atoms with Crippen molar-refractivity contribution in [1.29, 1.82) is 0 Å². The first-order chi connectivity index (χ1) is 12.2. The molecule has 1 aliphatic carbocycles. The summed E-state index contributed by atoms with van der Waals surface area (Å²) < 4.78 is 5.44. The van der Waals surface area contributed by atoms with E-state index in [2.05, 4.69) is 29.3 Å². The number of amides is 1. The monoisotopic (exact) mass is 356 g/mol. The van der Waals surface area contributed by atoms with E-state index in [1.807, 2.05) is 18.2 Å². The van der Waals surface area contributed by atoms with E-state index in [4.69, 9.17) is 4.74 Å². The van der Waals surface area contributed by atoms with Crippen molar-refractivity contribution in [2.75, 3.05) is 36.5 Å². The zero-order valence-corrected chi connectivity index (χ0v) is 15.4. The average Bonchev–Trinajstić information content (AvgIpc) is 3.06. The zero-order valence-electron chi connectivity index (χ0n) is 14.6. The van der Waals surface area contributed by atoms with Crippen LogP contribution in [-0.4, -0.2) is 32.2 Å². The number of thiophene rings is 1. The Morgan fingerprint density at radius 2 is 2.08 bits per heavy atom. The molecule has 2 aliphatic rings. The maximum Gasteiger partial charge on any atom is 0.265 e. The Hall–Kier alpha value is -1.85. The SMILES string of the molecule is C[C@H]1CCc2sc(C(=O)Nc3ccccc3N3CCOCC3)cc2C1. The fourth-order valence-corrected chi connectivity index (χ4v) is 4.76. The minimum Gasteiger partial charge on any atom is -0.378 e. The normalized spacial score (nSPS) is 20.2. The van der Waals surface area contributed by atoms with Crippen molar-refractivity contribution in [3.05, 3.63) is 45.6 Å². The van der Waals surface area contributed by atoms with Crippen molar-refractivity contribution in [3.8, 4) is 0 Å². The standard InChI is InChI=1S/C20H24N2O2S/c1-14-6-7-18-15(12-14)13-19(25-18)20(23)21-16-4-2-3-5-17(16)22-8-10-24-11-9-22/h2-5,13-14H,6-12H2,1H3,(H,21,23)/t14-/m0/s1. The maximum absolute atomic E-state index is 12.8. The number of nitrogens with zero attached hydrogens (tertiary/aromatic N) is 1. The number of rotatable bonds is 3. The molecule has 132 valence electrons. The molecule has 2 heterocycles. The molecule has 2 aromatic rings. The van der Waals surface area contributed by atoms with Crippen molar-refractivity contribution in [3.63, 3.8) is 0 Å². The molecule has 0 bridgehead atoms. The van der Waals surface area contributed by atoms with Gasteiger partial charge in [0.05, 0.1) is 29.5 Å². The van der Waals surface area contributed by atoms with Gasteiger partial charge in [-0.2, -0.15) is 0 Å². The number of hydrogen-bond acceptors (Lipinski definition) is 4. The van der Waals surface area contributed by atoms with Crippen LogP contribution in [0.4, 0.5) is 11.4 Å². The second-order valence-corrected chi connectivity index (χ2v) is 8.11. The Balaban J connectivity index is 1.53. The van der Waals surface area contributed by atoms with Gasteiger partial charge in [0.15, 0.2) is 0 Å². The van der Waals surface area contributed by atoms with E-state index in [1.165, 1.54) is 16.9 Å². The van der Waals surface area contributed by atoms with E-state index in [0.717, 1.165) is 61.3 Å². The summed E-state index contributed by atoms with van der Waals surface area (Å²) in [5.41, 5.74) is 3.33. The van der Waals surface area contributed by atoms with Crippen LogP contribution >= 0.6 is 11.3 Å². The topological polar surface area (TPSA) is 41.6 Å². The number of hydrogen-bond donors (Lipinski definition) is 1. The van der Waals surface area contributed by atoms with E-state index in [-0.39, 0.29) is 5.91 Å². The Morgan fingerprint density at radius 3 is 2.92 bits per heavy atom. The summed E-state index contributed by atoms with van der Waals surface area (Å²) in [6.45, 7) is 5.48. The number of carbonyl (C=O) groups is 1. The summed E-state index contributed by atoms with van der Waals surface area (Å²) in [5, 5.41) is 3.13. The molecule has 0 saturated carbocycles. The number of ether oxygens (including phenoxy) is 1. The van der Waals surface area contributed by atoms with Crippen LogP contribution in [0.15, 0.2) is 30.3 Å². The van der Waals surface area contributed by atoms with Gasteiger partial charge in [-0.15, -0.1) is 11.3 Å². The van der Waals surface area contributed by atoms with Crippen LogP contribution in [0.3, 0.4) is 0 Å². The number of fused-ring (bicyclic) bond motifs is 1. The van der Waals surface area contributed by atoms with E-state index in [1.54, 1.807) is 11.3 Å². The third kappa shape index (κ3) is 3.58. The highest BCUT2D eigenvalue weighted by Crippen LogP contribution is 2.33. The van der Waals surface area contributed by atoms with Crippen LogP contribution in [0.25, 0.3) is 0 Å². The van der Waals surface area contributed by atoms with Crippen molar-refractivity contribution >= 4 is 28.6 Å². The van der Waals surface area contributed by atoms with Crippen LogP contribution in [0.2, 0.25) is 0 Å². The van der Waals surface area contributed by atoms with Gasteiger partial charge in [-0.3, -0.25) is 4.79 Å². The summed E-state index contributed by atoms with van der Waals surface area (Å²) in [4.78, 5) is 17.3. The number of benzene rings is 1. The molecule has 0 unspecified atom stereocenters. The lowest BCUT2D eigenvalue weighted by Crippen LogP contribution is -2.36. The number of morpholine rings is 1. The first kappa shape index (κ1) is 16.6. The lowest BCUT2D eigenvalue weighted by atomic mass is 9.90. The van der Waals surface area contributed by atoms with Gasteiger partial charge in [-0.05, 0) is 48.9 Å². The largest absolute Gasteiger partial charge is 0.378 e. The molecular formula is C20H24N2O2S. The minimum atomic E-state index is 0.00719. The fraction of sp³-hybridized carbons (Fsp3) is 0.450. The molecule has 1 fully saturated rings. The summed E-state index contributed by atoms with van der Waals surface area (Å²) in [7, 11) is 0. The van der Waals surface area contributed by atoms with E-state index in [9.17, 15) is 4.79 Å². The van der Waals surface area contributed by atoms with E-state index >= 15 is 0 Å². The molecule has 1 aliphatic heterocycles. The second kappa shape index (κ2) is 7.18. The molecule has 1 atom stereocenters. The Morgan fingerprint density at radius 1 is 1.28 bits per heavy atom. The maximum atomic E-state index is 12.8. The fourth-order valence-electron chi connectivity index (χ4n) is 3.66. The second-order valence-electron chi connectivity index (χ2n) is 6.98. The lowest BCUT2D eigenvalue weighted by molar-refractivity contribution is 0.103. The lowest BCUT2D eigenvalue weighted by Gasteiger charge is -2.30. The van der Waals surface area contributed by atoms with Crippen LogP contribution in [0, 0.1) is 5.92 Å². The van der Waals surface area contributed by atoms with Gasteiger partial charge >= 0.3 is 0 Å².